The van der Waals surface area contributed by atoms with Gasteiger partial charge in [0.2, 0.25) is 15.9 Å². The lowest BCUT2D eigenvalue weighted by Gasteiger charge is -2.22. The fraction of sp³-hybridized carbons (Fsp3) is 0.381. The Kier molecular flexibility index (Phi) is 9.00. The van der Waals surface area contributed by atoms with Gasteiger partial charge in [0.15, 0.2) is 0 Å². The second kappa shape index (κ2) is 11.2. The predicted octanol–water partition coefficient (Wildman–Crippen LogP) is 3.36. The Bertz CT molecular complexity index is 889. The molecule has 0 saturated carbocycles. The van der Waals surface area contributed by atoms with Gasteiger partial charge in [0.05, 0.1) is 17.5 Å². The van der Waals surface area contributed by atoms with Crippen molar-refractivity contribution in [3.05, 3.63) is 60.2 Å². The summed E-state index contributed by atoms with van der Waals surface area (Å²) in [5, 5.41) is 2.92. The van der Waals surface area contributed by atoms with Gasteiger partial charge in [0, 0.05) is 0 Å². The van der Waals surface area contributed by atoms with Gasteiger partial charge in [-0.2, -0.15) is 16.5 Å². The average molecular weight is 437 g/mol. The maximum atomic E-state index is 12.9. The molecule has 0 aromatic heterocycles. The van der Waals surface area contributed by atoms with E-state index in [9.17, 15) is 13.2 Å². The number of thioether (sulfide) groups is 1. The van der Waals surface area contributed by atoms with Crippen LogP contribution in [0, 0.1) is 0 Å². The summed E-state index contributed by atoms with van der Waals surface area (Å²) < 4.78 is 33.4. The number of amides is 1. The number of ether oxygens (including phenoxy) is 1. The van der Waals surface area contributed by atoms with Crippen LogP contribution in [0.1, 0.15) is 31.9 Å². The summed E-state index contributed by atoms with van der Waals surface area (Å²) in [4.78, 5) is 13.0. The topological polar surface area (TPSA) is 84.5 Å². The maximum Gasteiger partial charge on any atom is 0.241 e. The molecule has 2 N–H and O–H groups in total. The van der Waals surface area contributed by atoms with Crippen LogP contribution in [0.5, 0.6) is 5.75 Å². The smallest absolute Gasteiger partial charge is 0.241 e. The predicted molar refractivity (Wildman–Crippen MR) is 118 cm³/mol. The molecule has 1 amide bonds. The number of nitrogens with one attached hydrogen (secondary N) is 2. The van der Waals surface area contributed by atoms with Gasteiger partial charge < -0.3 is 10.1 Å². The van der Waals surface area contributed by atoms with E-state index in [-0.39, 0.29) is 16.8 Å². The van der Waals surface area contributed by atoms with Crippen molar-refractivity contribution in [2.75, 3.05) is 18.6 Å². The molecule has 8 heteroatoms. The Hall–Kier alpha value is -2.03. The van der Waals surface area contributed by atoms with Crippen molar-refractivity contribution in [1.82, 2.24) is 10.0 Å². The molecule has 0 spiro atoms. The summed E-state index contributed by atoms with van der Waals surface area (Å²) >= 11 is 1.56. The van der Waals surface area contributed by atoms with Crippen LogP contribution in [0.2, 0.25) is 0 Å². The number of carbonyl (C=O) groups excluding carboxylic acids is 1. The minimum Gasteiger partial charge on any atom is -0.494 e. The molecule has 158 valence electrons. The molecule has 0 fully saturated rings. The lowest BCUT2D eigenvalue weighted by molar-refractivity contribution is -0.123. The second-order valence-electron chi connectivity index (χ2n) is 6.50. The molecular weight excluding hydrogens is 408 g/mol. The van der Waals surface area contributed by atoms with Crippen LogP contribution in [0.4, 0.5) is 0 Å². The van der Waals surface area contributed by atoms with E-state index in [1.54, 1.807) is 30.0 Å². The van der Waals surface area contributed by atoms with Gasteiger partial charge in [-0.25, -0.2) is 8.42 Å². The highest BCUT2D eigenvalue weighted by molar-refractivity contribution is 7.98. The molecule has 29 heavy (non-hydrogen) atoms. The summed E-state index contributed by atoms with van der Waals surface area (Å²) in [5.41, 5.74) is 0.888. The summed E-state index contributed by atoms with van der Waals surface area (Å²) in [6.07, 6.45) is 2.31. The Balaban J connectivity index is 2.13. The molecule has 0 heterocycles. The molecular formula is C21H28N2O4S2. The van der Waals surface area contributed by atoms with Gasteiger partial charge >= 0.3 is 0 Å². The number of sulfonamides is 1. The largest absolute Gasteiger partial charge is 0.494 e. The quantitative estimate of drug-likeness (QED) is 0.564. The lowest BCUT2D eigenvalue weighted by atomic mass is 10.1. The third-order valence-electron chi connectivity index (χ3n) is 4.31. The molecule has 0 bridgehead atoms. The Morgan fingerprint density at radius 1 is 1.14 bits per heavy atom. The SMILES string of the molecule is CCOc1cccc(C(C)NC(=O)C(CCSC)NS(=O)(=O)c2ccccc2)c1. The van der Waals surface area contributed by atoms with Crippen LogP contribution in [-0.2, 0) is 14.8 Å². The minimum absolute atomic E-state index is 0.138. The molecule has 0 aliphatic heterocycles. The summed E-state index contributed by atoms with van der Waals surface area (Å²) in [6, 6.07) is 14.4. The summed E-state index contributed by atoms with van der Waals surface area (Å²) in [6.45, 7) is 4.33. The van der Waals surface area contributed by atoms with Crippen LogP contribution in [0.3, 0.4) is 0 Å². The van der Waals surface area contributed by atoms with Crippen LogP contribution in [0.15, 0.2) is 59.5 Å². The van der Waals surface area contributed by atoms with E-state index in [0.29, 0.717) is 18.8 Å². The first-order valence-electron chi connectivity index (χ1n) is 9.46. The molecule has 2 aromatic carbocycles. The lowest BCUT2D eigenvalue weighted by Crippen LogP contribution is -2.47. The summed E-state index contributed by atoms with van der Waals surface area (Å²) in [5.74, 6) is 1.03. The van der Waals surface area contributed by atoms with Crippen molar-refractivity contribution in [3.63, 3.8) is 0 Å². The Labute approximate surface area is 177 Å². The number of rotatable bonds is 11. The normalized spacial score (nSPS) is 13.5. The molecule has 0 saturated heterocycles. The zero-order chi connectivity index (χ0) is 21.3. The van der Waals surface area contributed by atoms with E-state index >= 15 is 0 Å². The number of hydrogen-bond donors (Lipinski definition) is 2. The first-order valence-corrected chi connectivity index (χ1v) is 12.3. The Morgan fingerprint density at radius 3 is 2.52 bits per heavy atom. The maximum absolute atomic E-state index is 12.9. The number of carbonyl (C=O) groups is 1. The molecule has 2 aromatic rings. The molecule has 0 aliphatic rings. The highest BCUT2D eigenvalue weighted by Crippen LogP contribution is 2.20. The van der Waals surface area contributed by atoms with E-state index in [4.69, 9.17) is 4.74 Å². The number of hydrogen-bond acceptors (Lipinski definition) is 5. The van der Waals surface area contributed by atoms with Crippen molar-refractivity contribution < 1.29 is 17.9 Å². The van der Waals surface area contributed by atoms with Gasteiger partial charge in [0.25, 0.3) is 0 Å². The van der Waals surface area contributed by atoms with Crippen molar-refractivity contribution in [2.24, 2.45) is 0 Å². The van der Waals surface area contributed by atoms with Crippen LogP contribution < -0.4 is 14.8 Å². The zero-order valence-corrected chi connectivity index (χ0v) is 18.6. The highest BCUT2D eigenvalue weighted by Gasteiger charge is 2.26. The van der Waals surface area contributed by atoms with Gasteiger partial charge in [-0.05, 0) is 62.1 Å². The zero-order valence-electron chi connectivity index (χ0n) is 16.9. The van der Waals surface area contributed by atoms with Gasteiger partial charge in [-0.1, -0.05) is 30.3 Å². The standard InChI is InChI=1S/C21H28N2O4S2/c1-4-27-18-10-8-9-17(15-18)16(2)22-21(24)20(13-14-28-3)23-29(25,26)19-11-6-5-7-12-19/h5-12,15-16,20,23H,4,13-14H2,1-3H3,(H,22,24). The summed E-state index contributed by atoms with van der Waals surface area (Å²) in [7, 11) is -3.79. The van der Waals surface area contributed by atoms with Crippen molar-refractivity contribution in [1.29, 1.82) is 0 Å². The van der Waals surface area contributed by atoms with Crippen molar-refractivity contribution >= 4 is 27.7 Å². The minimum atomic E-state index is -3.79. The van der Waals surface area contributed by atoms with Crippen molar-refractivity contribution in [3.8, 4) is 5.75 Å². The molecule has 6 nitrogen and oxygen atoms in total. The van der Waals surface area contributed by atoms with Crippen LogP contribution in [-0.4, -0.2) is 39.0 Å². The van der Waals surface area contributed by atoms with E-state index in [0.717, 1.165) is 11.3 Å². The van der Waals surface area contributed by atoms with Gasteiger partial charge in [-0.3, -0.25) is 4.79 Å². The fourth-order valence-corrected chi connectivity index (χ4v) is 4.49. The first kappa shape index (κ1) is 23.3. The van der Waals surface area contributed by atoms with Gasteiger partial charge in [-0.15, -0.1) is 0 Å². The van der Waals surface area contributed by atoms with E-state index < -0.39 is 16.1 Å². The molecule has 2 rings (SSSR count). The van der Waals surface area contributed by atoms with Crippen LogP contribution >= 0.6 is 11.8 Å². The highest BCUT2D eigenvalue weighted by atomic mass is 32.2. The number of benzene rings is 2. The third-order valence-corrected chi connectivity index (χ3v) is 6.44. The average Bonchev–Trinajstić information content (AvgIpc) is 2.72. The van der Waals surface area contributed by atoms with E-state index in [2.05, 4.69) is 10.0 Å². The first-order chi connectivity index (χ1) is 13.9. The molecule has 2 unspecified atom stereocenters. The monoisotopic (exact) mass is 436 g/mol. The Morgan fingerprint density at radius 2 is 1.86 bits per heavy atom. The molecule has 0 radical (unpaired) electrons. The third kappa shape index (κ3) is 7.06. The fourth-order valence-electron chi connectivity index (χ4n) is 2.77. The molecule has 0 aliphatic carbocycles. The molecule has 2 atom stereocenters. The van der Waals surface area contributed by atoms with Gasteiger partial charge in [0.1, 0.15) is 11.8 Å². The van der Waals surface area contributed by atoms with Crippen LogP contribution in [0.25, 0.3) is 0 Å². The second-order valence-corrected chi connectivity index (χ2v) is 9.20. The van der Waals surface area contributed by atoms with E-state index in [1.165, 1.54) is 12.1 Å². The van der Waals surface area contributed by atoms with E-state index in [1.807, 2.05) is 44.4 Å². The van der Waals surface area contributed by atoms with Crippen molar-refractivity contribution in [2.45, 2.75) is 37.2 Å².